The van der Waals surface area contributed by atoms with Crippen molar-refractivity contribution in [3.05, 3.63) is 65.5 Å². The number of hydrogen-bond donors (Lipinski definition) is 2. The molecule has 29 heavy (non-hydrogen) atoms. The number of aryl methyl sites for hydroxylation is 2. The van der Waals surface area contributed by atoms with Crippen LogP contribution in [0.5, 0.6) is 11.5 Å². The summed E-state index contributed by atoms with van der Waals surface area (Å²) in [7, 11) is 0. The second kappa shape index (κ2) is 8.18. The molecular weight excluding hydrogens is 368 g/mol. The van der Waals surface area contributed by atoms with Crippen LogP contribution in [0.3, 0.4) is 0 Å². The quantitative estimate of drug-likeness (QED) is 0.682. The number of para-hydroxylation sites is 1. The van der Waals surface area contributed by atoms with Gasteiger partial charge in [0.05, 0.1) is 5.56 Å². The van der Waals surface area contributed by atoms with Crippen molar-refractivity contribution in [3.8, 4) is 11.5 Å². The molecule has 0 fully saturated rings. The van der Waals surface area contributed by atoms with Crippen LogP contribution in [-0.4, -0.2) is 29.1 Å². The first kappa shape index (κ1) is 18.7. The van der Waals surface area contributed by atoms with Crippen molar-refractivity contribution in [3.63, 3.8) is 0 Å². The minimum absolute atomic E-state index is 0.236. The standard InChI is InChI=1S/C22H22N4O3/c1-3-15-6-4-5-14(2)20(15)26-21(27)16-12-23-22(24-13-16)25-17-7-8-18-19(11-17)29-10-9-28-18/h4-8,11-13H,3,9-10H2,1-2H3,(H,26,27)(H,23,24,25). The molecule has 148 valence electrons. The van der Waals surface area contributed by atoms with Crippen LogP contribution in [0.1, 0.15) is 28.4 Å². The summed E-state index contributed by atoms with van der Waals surface area (Å²) < 4.78 is 11.1. The molecule has 1 aliphatic rings. The summed E-state index contributed by atoms with van der Waals surface area (Å²) in [5.74, 6) is 1.56. The first-order chi connectivity index (χ1) is 14.1. The fourth-order valence-corrected chi connectivity index (χ4v) is 3.15. The Morgan fingerprint density at radius 3 is 2.59 bits per heavy atom. The summed E-state index contributed by atoms with van der Waals surface area (Å²) in [6.07, 6.45) is 3.85. The van der Waals surface area contributed by atoms with E-state index in [4.69, 9.17) is 9.47 Å². The van der Waals surface area contributed by atoms with Crippen molar-refractivity contribution in [1.82, 2.24) is 9.97 Å². The molecule has 3 aromatic rings. The third-order valence-electron chi connectivity index (χ3n) is 4.69. The van der Waals surface area contributed by atoms with Gasteiger partial charge in [0.1, 0.15) is 13.2 Å². The Balaban J connectivity index is 1.46. The second-order valence-corrected chi connectivity index (χ2v) is 6.70. The number of carbonyl (C=O) groups excluding carboxylic acids is 1. The van der Waals surface area contributed by atoms with E-state index in [9.17, 15) is 4.79 Å². The van der Waals surface area contributed by atoms with Crippen molar-refractivity contribution in [2.45, 2.75) is 20.3 Å². The molecule has 0 aliphatic carbocycles. The lowest BCUT2D eigenvalue weighted by atomic mass is 10.1. The number of ether oxygens (including phenoxy) is 2. The molecule has 0 atom stereocenters. The van der Waals surface area contributed by atoms with Gasteiger partial charge >= 0.3 is 0 Å². The Morgan fingerprint density at radius 2 is 1.83 bits per heavy atom. The molecule has 2 heterocycles. The average molecular weight is 390 g/mol. The van der Waals surface area contributed by atoms with Crippen molar-refractivity contribution in [2.24, 2.45) is 0 Å². The molecule has 0 spiro atoms. The topological polar surface area (TPSA) is 85.4 Å². The predicted molar refractivity (Wildman–Crippen MR) is 111 cm³/mol. The van der Waals surface area contributed by atoms with Gasteiger partial charge in [-0.05, 0) is 36.6 Å². The van der Waals surface area contributed by atoms with Crippen LogP contribution in [-0.2, 0) is 6.42 Å². The molecule has 2 aromatic carbocycles. The lowest BCUT2D eigenvalue weighted by Gasteiger charge is -2.19. The number of fused-ring (bicyclic) bond motifs is 1. The van der Waals surface area contributed by atoms with Gasteiger partial charge in [0.2, 0.25) is 5.95 Å². The fourth-order valence-electron chi connectivity index (χ4n) is 3.15. The van der Waals surface area contributed by atoms with Crippen LogP contribution in [0.2, 0.25) is 0 Å². The molecule has 7 nitrogen and oxygen atoms in total. The van der Waals surface area contributed by atoms with Crippen molar-refractivity contribution >= 4 is 23.2 Å². The number of nitrogens with zero attached hydrogens (tertiary/aromatic N) is 2. The summed E-state index contributed by atoms with van der Waals surface area (Å²) in [5, 5.41) is 6.09. The third-order valence-corrected chi connectivity index (χ3v) is 4.69. The highest BCUT2D eigenvalue weighted by Gasteiger charge is 2.14. The summed E-state index contributed by atoms with van der Waals surface area (Å²) in [5.41, 5.74) is 4.13. The maximum Gasteiger partial charge on any atom is 0.258 e. The number of amides is 1. The van der Waals surface area contributed by atoms with Gasteiger partial charge in [-0.2, -0.15) is 0 Å². The van der Waals surface area contributed by atoms with E-state index in [1.165, 1.54) is 12.4 Å². The number of hydrogen-bond acceptors (Lipinski definition) is 6. The maximum atomic E-state index is 12.6. The smallest absolute Gasteiger partial charge is 0.258 e. The van der Waals surface area contributed by atoms with Crippen LogP contribution in [0.15, 0.2) is 48.8 Å². The summed E-state index contributed by atoms with van der Waals surface area (Å²) in [4.78, 5) is 21.1. The predicted octanol–water partition coefficient (Wildman–Crippen LogP) is 4.11. The molecule has 7 heteroatoms. The van der Waals surface area contributed by atoms with Gasteiger partial charge in [-0.25, -0.2) is 9.97 Å². The van der Waals surface area contributed by atoms with E-state index in [-0.39, 0.29) is 5.91 Å². The van der Waals surface area contributed by atoms with Crippen LogP contribution < -0.4 is 20.1 Å². The molecule has 4 rings (SSSR count). The SMILES string of the molecule is CCc1cccc(C)c1NC(=O)c1cnc(Nc2ccc3c(c2)OCCO3)nc1. The zero-order valence-electron chi connectivity index (χ0n) is 16.4. The molecule has 0 unspecified atom stereocenters. The Morgan fingerprint density at radius 1 is 1.07 bits per heavy atom. The van der Waals surface area contributed by atoms with E-state index in [1.54, 1.807) is 0 Å². The molecule has 2 N–H and O–H groups in total. The summed E-state index contributed by atoms with van der Waals surface area (Å²) >= 11 is 0. The molecule has 0 saturated carbocycles. The van der Waals surface area contributed by atoms with Gasteiger partial charge in [-0.1, -0.05) is 25.1 Å². The molecule has 1 aromatic heterocycles. The Labute approximate surface area is 169 Å². The zero-order valence-corrected chi connectivity index (χ0v) is 16.4. The lowest BCUT2D eigenvalue weighted by Crippen LogP contribution is -2.15. The van der Waals surface area contributed by atoms with Crippen LogP contribution in [0.4, 0.5) is 17.3 Å². The largest absolute Gasteiger partial charge is 0.486 e. The highest BCUT2D eigenvalue weighted by molar-refractivity contribution is 6.04. The summed E-state index contributed by atoms with van der Waals surface area (Å²) in [6, 6.07) is 11.5. The van der Waals surface area contributed by atoms with Gasteiger partial charge in [-0.15, -0.1) is 0 Å². The molecule has 0 radical (unpaired) electrons. The van der Waals surface area contributed by atoms with Gasteiger partial charge in [0.25, 0.3) is 5.91 Å². The number of nitrogens with one attached hydrogen (secondary N) is 2. The second-order valence-electron chi connectivity index (χ2n) is 6.70. The van der Waals surface area contributed by atoms with E-state index in [0.29, 0.717) is 30.5 Å². The highest BCUT2D eigenvalue weighted by atomic mass is 16.6. The Kier molecular flexibility index (Phi) is 5.29. The minimum Gasteiger partial charge on any atom is -0.486 e. The van der Waals surface area contributed by atoms with E-state index >= 15 is 0 Å². The van der Waals surface area contributed by atoms with Crippen molar-refractivity contribution in [2.75, 3.05) is 23.8 Å². The number of rotatable bonds is 5. The maximum absolute atomic E-state index is 12.6. The average Bonchev–Trinajstić information content (AvgIpc) is 2.75. The fraction of sp³-hybridized carbons (Fsp3) is 0.227. The molecule has 0 saturated heterocycles. The monoisotopic (exact) mass is 390 g/mol. The van der Waals surface area contributed by atoms with Gasteiger partial charge < -0.3 is 20.1 Å². The normalized spacial score (nSPS) is 12.3. The molecular formula is C22H22N4O3. The lowest BCUT2D eigenvalue weighted by molar-refractivity contribution is 0.102. The Hall–Kier alpha value is -3.61. The zero-order chi connectivity index (χ0) is 20.2. The molecule has 0 bridgehead atoms. The van der Waals surface area contributed by atoms with E-state index in [0.717, 1.165) is 34.7 Å². The van der Waals surface area contributed by atoms with Crippen LogP contribution in [0.25, 0.3) is 0 Å². The van der Waals surface area contributed by atoms with Crippen LogP contribution >= 0.6 is 0 Å². The van der Waals surface area contributed by atoms with E-state index in [1.807, 2.05) is 43.3 Å². The Bertz CT molecular complexity index is 1030. The van der Waals surface area contributed by atoms with Gasteiger partial charge in [-0.3, -0.25) is 4.79 Å². The molecule has 1 amide bonds. The first-order valence-corrected chi connectivity index (χ1v) is 9.52. The minimum atomic E-state index is -0.236. The van der Waals surface area contributed by atoms with E-state index in [2.05, 4.69) is 27.5 Å². The van der Waals surface area contributed by atoms with Gasteiger partial charge in [0, 0.05) is 29.8 Å². The highest BCUT2D eigenvalue weighted by Crippen LogP contribution is 2.33. The molecule has 1 aliphatic heterocycles. The van der Waals surface area contributed by atoms with Crippen molar-refractivity contribution < 1.29 is 14.3 Å². The van der Waals surface area contributed by atoms with E-state index < -0.39 is 0 Å². The van der Waals surface area contributed by atoms with Crippen molar-refractivity contribution in [1.29, 1.82) is 0 Å². The first-order valence-electron chi connectivity index (χ1n) is 9.52. The number of aromatic nitrogens is 2. The number of benzene rings is 2. The number of anilines is 3. The summed E-state index contributed by atoms with van der Waals surface area (Å²) in [6.45, 7) is 5.11. The third kappa shape index (κ3) is 4.13. The van der Waals surface area contributed by atoms with Crippen LogP contribution in [0, 0.1) is 6.92 Å². The van der Waals surface area contributed by atoms with Gasteiger partial charge in [0.15, 0.2) is 11.5 Å². The number of carbonyl (C=O) groups is 1.